The molecule has 0 bridgehead atoms. The van der Waals surface area contributed by atoms with Gasteiger partial charge in [-0.15, -0.1) is 0 Å². The van der Waals surface area contributed by atoms with Crippen molar-refractivity contribution >= 4 is 5.97 Å². The van der Waals surface area contributed by atoms with E-state index in [1.54, 1.807) is 0 Å². The lowest BCUT2D eigenvalue weighted by molar-refractivity contribution is -0.162. The van der Waals surface area contributed by atoms with E-state index < -0.39 is 0 Å². The van der Waals surface area contributed by atoms with Crippen molar-refractivity contribution in [3.8, 4) is 0 Å². The summed E-state index contributed by atoms with van der Waals surface area (Å²) in [6, 6.07) is 9.60. The molecule has 5 fully saturated rings. The topological polar surface area (TPSA) is 26.3 Å². The van der Waals surface area contributed by atoms with Crippen LogP contribution in [0.2, 0.25) is 0 Å². The molecule has 2 nitrogen and oxygen atoms in total. The number of carbonyl (C=O) groups excluding carboxylic acids is 1. The molecule has 0 saturated heterocycles. The van der Waals surface area contributed by atoms with Crippen molar-refractivity contribution in [2.24, 2.45) is 56.7 Å². The minimum atomic E-state index is -0.141. The van der Waals surface area contributed by atoms with Crippen molar-refractivity contribution in [3.63, 3.8) is 0 Å². The van der Waals surface area contributed by atoms with Gasteiger partial charge in [-0.25, -0.2) is 4.79 Å². The maximum atomic E-state index is 13.1. The Hall–Kier alpha value is -1.57. The van der Waals surface area contributed by atoms with E-state index in [1.165, 1.54) is 69.8 Å². The van der Waals surface area contributed by atoms with Crippen LogP contribution in [0, 0.1) is 56.7 Å². The number of rotatable bonds is 7. The van der Waals surface area contributed by atoms with E-state index in [4.69, 9.17) is 4.74 Å². The van der Waals surface area contributed by atoms with E-state index in [0.717, 1.165) is 24.2 Å². The molecule has 40 heavy (non-hydrogen) atoms. The van der Waals surface area contributed by atoms with Gasteiger partial charge >= 0.3 is 5.97 Å². The van der Waals surface area contributed by atoms with Gasteiger partial charge in [0.2, 0.25) is 0 Å². The highest BCUT2D eigenvalue weighted by molar-refractivity contribution is 5.89. The maximum Gasteiger partial charge on any atom is 0.338 e. The normalized spacial score (nSPS) is 43.6. The van der Waals surface area contributed by atoms with Crippen molar-refractivity contribution in [1.29, 1.82) is 0 Å². The Labute approximate surface area is 245 Å². The summed E-state index contributed by atoms with van der Waals surface area (Å²) in [5.41, 5.74) is 4.11. The third kappa shape index (κ3) is 3.82. The van der Waals surface area contributed by atoms with Gasteiger partial charge in [-0.1, -0.05) is 78.8 Å². The molecule has 0 aromatic heterocycles. The van der Waals surface area contributed by atoms with Gasteiger partial charge in [0.15, 0.2) is 0 Å². The van der Waals surface area contributed by atoms with E-state index in [0.29, 0.717) is 39.1 Å². The summed E-state index contributed by atoms with van der Waals surface area (Å²) in [4.78, 5) is 13.1. The van der Waals surface area contributed by atoms with Gasteiger partial charge in [0.25, 0.3) is 0 Å². The van der Waals surface area contributed by atoms with Crippen LogP contribution in [-0.4, -0.2) is 12.1 Å². The highest BCUT2D eigenvalue weighted by Gasteiger charge is 2.82. The van der Waals surface area contributed by atoms with Crippen LogP contribution in [0.4, 0.5) is 0 Å². The zero-order valence-corrected chi connectivity index (χ0v) is 26.7. The van der Waals surface area contributed by atoms with Gasteiger partial charge in [0, 0.05) is 5.41 Å². The van der Waals surface area contributed by atoms with Crippen LogP contribution in [0.5, 0.6) is 0 Å². The number of fused-ring (bicyclic) bond motifs is 2. The van der Waals surface area contributed by atoms with Crippen LogP contribution in [-0.2, 0) is 4.74 Å². The molecule has 9 atom stereocenters. The fourth-order valence-corrected chi connectivity index (χ4v) is 12.2. The van der Waals surface area contributed by atoms with Crippen LogP contribution >= 0.6 is 0 Å². The third-order valence-corrected chi connectivity index (χ3v) is 14.8. The molecule has 0 unspecified atom stereocenters. The fourth-order valence-electron chi connectivity index (χ4n) is 12.2. The highest BCUT2D eigenvalue weighted by atomic mass is 16.5. The molecule has 0 aliphatic heterocycles. The first kappa shape index (κ1) is 28.5. The highest BCUT2D eigenvalue weighted by Crippen LogP contribution is 2.89. The Bertz CT molecular complexity index is 1150. The molecule has 0 heterocycles. The molecule has 1 aromatic carbocycles. The second kappa shape index (κ2) is 9.47. The van der Waals surface area contributed by atoms with Crippen molar-refractivity contribution in [2.75, 3.05) is 0 Å². The van der Waals surface area contributed by atoms with E-state index >= 15 is 0 Å². The first-order chi connectivity index (χ1) is 18.8. The summed E-state index contributed by atoms with van der Waals surface area (Å²) >= 11 is 0. The quantitative estimate of drug-likeness (QED) is 0.252. The summed E-state index contributed by atoms with van der Waals surface area (Å²) in [6.45, 7) is 21.9. The first-order valence-corrected chi connectivity index (χ1v) is 16.8. The summed E-state index contributed by atoms with van der Waals surface area (Å²) in [5.74, 6) is 3.65. The Balaban J connectivity index is 1.20. The molecule has 5 saturated carbocycles. The second-order valence-corrected chi connectivity index (χ2v) is 16.6. The molecule has 2 spiro atoms. The van der Waals surface area contributed by atoms with Crippen molar-refractivity contribution in [2.45, 2.75) is 125 Å². The Kier molecular flexibility index (Phi) is 6.76. The van der Waals surface area contributed by atoms with Crippen molar-refractivity contribution in [3.05, 3.63) is 48.0 Å². The van der Waals surface area contributed by atoms with E-state index in [-0.39, 0.29) is 17.5 Å². The summed E-state index contributed by atoms with van der Waals surface area (Å²) < 4.78 is 6.29. The lowest BCUT2D eigenvalue weighted by Crippen LogP contribution is -2.58. The number of carbonyl (C=O) groups is 1. The van der Waals surface area contributed by atoms with Gasteiger partial charge in [0.05, 0.1) is 5.56 Å². The summed E-state index contributed by atoms with van der Waals surface area (Å²) in [7, 11) is 0. The van der Waals surface area contributed by atoms with Gasteiger partial charge in [0.1, 0.15) is 6.10 Å². The summed E-state index contributed by atoms with van der Waals surface area (Å²) in [5, 5.41) is 0. The predicted octanol–water partition coefficient (Wildman–Crippen LogP) is 10.3. The molecule has 0 amide bonds. The minimum absolute atomic E-state index is 0.0202. The van der Waals surface area contributed by atoms with Crippen LogP contribution in [0.15, 0.2) is 42.5 Å². The molecular formula is C38H56O2. The average molecular weight is 545 g/mol. The average Bonchev–Trinajstić information content (AvgIpc) is 3.51. The Morgan fingerprint density at radius 1 is 0.875 bits per heavy atom. The molecule has 0 N–H and O–H groups in total. The second-order valence-electron chi connectivity index (χ2n) is 16.6. The molecule has 5 aliphatic rings. The molecule has 2 heteroatoms. The SMILES string of the molecule is C=C(CC[C@@H](C)[C@H]1CC[C@]2(C)[C@H]3CC[C@@H]4C(C)(C)[C@@H](OC(=O)c5ccccc5)CC[C@@]45C[C@@]35CC[C@]12C)C(C)C. The standard InChI is InChI=1S/C38H56O2/c1-25(2)26(3)14-15-27(4)29-18-20-36(8)31-17-16-30-34(5,6)32(40-33(39)28-12-10-9-11-13-28)19-21-37(30)24-38(31,37)23-22-35(29,36)7/h9-13,25,27,29-32H,3,14-24H2,1-2,4-8H3/t27-,29-,30-,31-,32+,35-,36-,37-,38+/m1/s1. The number of hydrogen-bond donors (Lipinski definition) is 0. The number of esters is 1. The van der Waals surface area contributed by atoms with Gasteiger partial charge in [-0.05, 0) is 134 Å². The number of benzene rings is 1. The van der Waals surface area contributed by atoms with Crippen molar-refractivity contribution in [1.82, 2.24) is 0 Å². The zero-order chi connectivity index (χ0) is 28.7. The van der Waals surface area contributed by atoms with Crippen molar-refractivity contribution < 1.29 is 9.53 Å². The van der Waals surface area contributed by atoms with Gasteiger partial charge < -0.3 is 4.74 Å². The van der Waals surface area contributed by atoms with Gasteiger partial charge in [-0.3, -0.25) is 0 Å². The lowest BCUT2D eigenvalue weighted by atomic mass is 9.41. The van der Waals surface area contributed by atoms with Crippen LogP contribution in [0.3, 0.4) is 0 Å². The van der Waals surface area contributed by atoms with Gasteiger partial charge in [-0.2, -0.15) is 0 Å². The lowest BCUT2D eigenvalue weighted by Gasteiger charge is -2.63. The molecule has 5 aliphatic carbocycles. The minimum Gasteiger partial charge on any atom is -0.458 e. The van der Waals surface area contributed by atoms with Crippen LogP contribution in [0.25, 0.3) is 0 Å². The predicted molar refractivity (Wildman–Crippen MR) is 165 cm³/mol. The Morgan fingerprint density at radius 2 is 1.55 bits per heavy atom. The van der Waals surface area contributed by atoms with E-state index in [2.05, 4.69) is 55.0 Å². The van der Waals surface area contributed by atoms with E-state index in [9.17, 15) is 4.79 Å². The van der Waals surface area contributed by atoms with Crippen LogP contribution < -0.4 is 0 Å². The number of allylic oxidation sites excluding steroid dienone is 1. The number of ether oxygens (including phenoxy) is 1. The Morgan fingerprint density at radius 3 is 2.25 bits per heavy atom. The fraction of sp³-hybridized carbons (Fsp3) is 0.763. The molecule has 6 rings (SSSR count). The zero-order valence-electron chi connectivity index (χ0n) is 26.7. The molecule has 1 aromatic rings. The number of hydrogen-bond acceptors (Lipinski definition) is 2. The monoisotopic (exact) mass is 544 g/mol. The smallest absolute Gasteiger partial charge is 0.338 e. The largest absolute Gasteiger partial charge is 0.458 e. The molecular weight excluding hydrogens is 488 g/mol. The molecule has 0 radical (unpaired) electrons. The maximum absolute atomic E-state index is 13.1. The molecule has 220 valence electrons. The first-order valence-electron chi connectivity index (χ1n) is 16.8. The van der Waals surface area contributed by atoms with Crippen LogP contribution in [0.1, 0.15) is 129 Å². The third-order valence-electron chi connectivity index (χ3n) is 14.8. The summed E-state index contributed by atoms with van der Waals surface area (Å²) in [6.07, 6.45) is 14.7. The van der Waals surface area contributed by atoms with E-state index in [1.807, 2.05) is 30.3 Å².